The Bertz CT molecular complexity index is 333. The van der Waals surface area contributed by atoms with Gasteiger partial charge in [-0.05, 0) is 25.6 Å². The van der Waals surface area contributed by atoms with Crippen molar-refractivity contribution in [1.29, 1.82) is 0 Å². The van der Waals surface area contributed by atoms with Crippen molar-refractivity contribution >= 4 is 5.91 Å². The predicted molar refractivity (Wildman–Crippen MR) is 65.6 cm³/mol. The van der Waals surface area contributed by atoms with E-state index in [9.17, 15) is 4.79 Å². The van der Waals surface area contributed by atoms with Gasteiger partial charge in [0.15, 0.2) is 0 Å². The van der Waals surface area contributed by atoms with E-state index in [1.54, 1.807) is 4.90 Å². The third-order valence-electron chi connectivity index (χ3n) is 2.56. The minimum atomic E-state index is 0.0914. The van der Waals surface area contributed by atoms with E-state index in [4.69, 9.17) is 0 Å². The fourth-order valence-corrected chi connectivity index (χ4v) is 1.62. The van der Waals surface area contributed by atoms with E-state index < -0.39 is 0 Å². The number of carbonyl (C=O) groups excluding carboxylic acids is 1. The monoisotopic (exact) mass is 223 g/mol. The molecule has 16 heavy (non-hydrogen) atoms. The van der Waals surface area contributed by atoms with E-state index in [-0.39, 0.29) is 5.91 Å². The first-order valence-corrected chi connectivity index (χ1v) is 5.76. The van der Waals surface area contributed by atoms with E-state index in [1.165, 1.54) is 0 Å². The van der Waals surface area contributed by atoms with Crippen LogP contribution < -0.4 is 5.32 Å². The number of aryl methyl sites for hydroxylation is 1. The Balaban J connectivity index is 2.67. The number of likely N-dealkylation sites (N-methyl/N-ethyl adjacent to an activating group) is 2. The zero-order valence-corrected chi connectivity index (χ0v) is 10.4. The summed E-state index contributed by atoms with van der Waals surface area (Å²) in [5.41, 5.74) is 0.778. The lowest BCUT2D eigenvalue weighted by Gasteiger charge is -2.18. The summed E-state index contributed by atoms with van der Waals surface area (Å²) < 4.78 is 2.01. The number of hydrogen-bond acceptors (Lipinski definition) is 2. The van der Waals surface area contributed by atoms with Crippen molar-refractivity contribution in [2.75, 3.05) is 27.2 Å². The molecule has 90 valence electrons. The smallest absolute Gasteiger partial charge is 0.270 e. The molecule has 1 rings (SSSR count). The second-order valence-corrected chi connectivity index (χ2v) is 3.92. The molecule has 4 heteroatoms. The summed E-state index contributed by atoms with van der Waals surface area (Å²) in [5.74, 6) is 0.0914. The molecule has 0 radical (unpaired) electrons. The number of rotatable bonds is 6. The zero-order chi connectivity index (χ0) is 12.0. The van der Waals surface area contributed by atoms with E-state index in [0.717, 1.165) is 31.7 Å². The highest BCUT2D eigenvalue weighted by atomic mass is 16.2. The predicted octanol–water partition coefficient (Wildman–Crippen LogP) is 1.19. The van der Waals surface area contributed by atoms with Crippen LogP contribution in [0, 0.1) is 0 Å². The molecule has 1 N–H and O–H groups in total. The normalized spacial score (nSPS) is 10.4. The van der Waals surface area contributed by atoms with Crippen molar-refractivity contribution in [2.45, 2.75) is 19.9 Å². The molecular formula is C12H21N3O. The molecule has 0 fully saturated rings. The lowest BCUT2D eigenvalue weighted by molar-refractivity contribution is 0.0786. The van der Waals surface area contributed by atoms with Crippen LogP contribution in [0.3, 0.4) is 0 Å². The summed E-state index contributed by atoms with van der Waals surface area (Å²) in [6.07, 6.45) is 3.00. The fraction of sp³-hybridized carbons (Fsp3) is 0.583. The maximum absolute atomic E-state index is 12.1. The van der Waals surface area contributed by atoms with Crippen molar-refractivity contribution in [3.63, 3.8) is 0 Å². The minimum absolute atomic E-state index is 0.0914. The molecule has 1 heterocycles. The molecule has 0 saturated heterocycles. The summed E-state index contributed by atoms with van der Waals surface area (Å²) in [4.78, 5) is 13.8. The average molecular weight is 223 g/mol. The van der Waals surface area contributed by atoms with Crippen LogP contribution in [0.2, 0.25) is 0 Å². The van der Waals surface area contributed by atoms with Gasteiger partial charge in [-0.2, -0.15) is 0 Å². The van der Waals surface area contributed by atoms with Gasteiger partial charge >= 0.3 is 0 Å². The highest BCUT2D eigenvalue weighted by Gasteiger charge is 2.14. The number of hydrogen-bond donors (Lipinski definition) is 1. The first-order valence-electron chi connectivity index (χ1n) is 5.76. The summed E-state index contributed by atoms with van der Waals surface area (Å²) in [7, 11) is 3.72. The van der Waals surface area contributed by atoms with Crippen molar-refractivity contribution in [2.24, 2.45) is 0 Å². The van der Waals surface area contributed by atoms with Crippen LogP contribution >= 0.6 is 0 Å². The quantitative estimate of drug-likeness (QED) is 0.786. The number of aromatic nitrogens is 1. The largest absolute Gasteiger partial charge is 0.344 e. The Hall–Kier alpha value is -1.29. The number of amides is 1. The van der Waals surface area contributed by atoms with Crippen LogP contribution in [0.15, 0.2) is 18.3 Å². The Kier molecular flexibility index (Phi) is 5.05. The molecule has 1 aromatic heterocycles. The van der Waals surface area contributed by atoms with Crippen LogP contribution in [0.1, 0.15) is 23.8 Å². The number of nitrogens with zero attached hydrogens (tertiary/aromatic N) is 2. The highest BCUT2D eigenvalue weighted by Crippen LogP contribution is 2.06. The molecule has 0 aromatic carbocycles. The first-order chi connectivity index (χ1) is 7.70. The molecule has 0 aliphatic rings. The molecule has 1 amide bonds. The zero-order valence-electron chi connectivity index (χ0n) is 10.4. The maximum atomic E-state index is 12.1. The fourth-order valence-electron chi connectivity index (χ4n) is 1.62. The van der Waals surface area contributed by atoms with Crippen molar-refractivity contribution in [3.8, 4) is 0 Å². The van der Waals surface area contributed by atoms with Gasteiger partial charge in [0.05, 0.1) is 0 Å². The molecule has 4 nitrogen and oxygen atoms in total. The second-order valence-electron chi connectivity index (χ2n) is 3.92. The Morgan fingerprint density at radius 3 is 2.94 bits per heavy atom. The number of nitrogens with one attached hydrogen (secondary N) is 1. The molecule has 0 bridgehead atoms. The standard InChI is InChI=1S/C12H21N3O/c1-4-8-15-9-5-6-11(15)12(16)14(3)10-7-13-2/h5-6,9,13H,4,7-8,10H2,1-3H3. The summed E-state index contributed by atoms with van der Waals surface area (Å²) in [5, 5.41) is 3.04. The third-order valence-corrected chi connectivity index (χ3v) is 2.56. The van der Waals surface area contributed by atoms with E-state index >= 15 is 0 Å². The lowest BCUT2D eigenvalue weighted by atomic mass is 10.3. The van der Waals surface area contributed by atoms with Crippen molar-refractivity contribution in [1.82, 2.24) is 14.8 Å². The van der Waals surface area contributed by atoms with Crippen molar-refractivity contribution < 1.29 is 4.79 Å². The topological polar surface area (TPSA) is 37.3 Å². The first kappa shape index (κ1) is 12.8. The Morgan fingerprint density at radius 2 is 2.31 bits per heavy atom. The van der Waals surface area contributed by atoms with Gasteiger partial charge in [-0.15, -0.1) is 0 Å². The van der Waals surface area contributed by atoms with E-state index in [1.807, 2.05) is 37.0 Å². The maximum Gasteiger partial charge on any atom is 0.270 e. The Labute approximate surface area is 97.2 Å². The van der Waals surface area contributed by atoms with E-state index in [0.29, 0.717) is 0 Å². The van der Waals surface area contributed by atoms with Crippen LogP contribution in [0.4, 0.5) is 0 Å². The van der Waals surface area contributed by atoms with Gasteiger partial charge in [-0.25, -0.2) is 0 Å². The van der Waals surface area contributed by atoms with Crippen LogP contribution in [0.25, 0.3) is 0 Å². The van der Waals surface area contributed by atoms with Crippen LogP contribution in [0.5, 0.6) is 0 Å². The minimum Gasteiger partial charge on any atom is -0.344 e. The molecule has 0 spiro atoms. The van der Waals surface area contributed by atoms with Gasteiger partial charge in [0.2, 0.25) is 0 Å². The molecule has 0 aliphatic carbocycles. The SMILES string of the molecule is CCCn1cccc1C(=O)N(C)CCNC. The van der Waals surface area contributed by atoms with Crippen LogP contribution in [-0.4, -0.2) is 42.6 Å². The lowest BCUT2D eigenvalue weighted by Crippen LogP contribution is -2.33. The Morgan fingerprint density at radius 1 is 1.56 bits per heavy atom. The number of carbonyl (C=O) groups is 1. The summed E-state index contributed by atoms with van der Waals surface area (Å²) >= 11 is 0. The summed E-state index contributed by atoms with van der Waals surface area (Å²) in [6.45, 7) is 4.55. The van der Waals surface area contributed by atoms with Crippen molar-refractivity contribution in [3.05, 3.63) is 24.0 Å². The molecule has 0 saturated carbocycles. The van der Waals surface area contributed by atoms with Gasteiger partial charge in [0.25, 0.3) is 5.91 Å². The average Bonchev–Trinajstić information content (AvgIpc) is 2.73. The molecule has 0 aliphatic heterocycles. The van der Waals surface area contributed by atoms with Gasteiger partial charge in [0, 0.05) is 32.9 Å². The molecule has 1 aromatic rings. The van der Waals surface area contributed by atoms with Gasteiger partial charge in [0.1, 0.15) is 5.69 Å². The summed E-state index contributed by atoms with van der Waals surface area (Å²) in [6, 6.07) is 3.81. The molecular weight excluding hydrogens is 202 g/mol. The molecule has 0 unspecified atom stereocenters. The van der Waals surface area contributed by atoms with Gasteiger partial charge in [-0.1, -0.05) is 6.92 Å². The third kappa shape index (κ3) is 3.10. The van der Waals surface area contributed by atoms with Gasteiger partial charge < -0.3 is 14.8 Å². The highest BCUT2D eigenvalue weighted by molar-refractivity contribution is 5.92. The van der Waals surface area contributed by atoms with Gasteiger partial charge in [-0.3, -0.25) is 4.79 Å². The van der Waals surface area contributed by atoms with E-state index in [2.05, 4.69) is 12.2 Å². The molecule has 0 atom stereocenters. The second kappa shape index (κ2) is 6.33. The van der Waals surface area contributed by atoms with Crippen LogP contribution in [-0.2, 0) is 6.54 Å².